The van der Waals surface area contributed by atoms with Gasteiger partial charge in [-0.25, -0.2) is 17.9 Å². The first-order valence-corrected chi connectivity index (χ1v) is 16.5. The second kappa shape index (κ2) is 13.2. The molecule has 1 aliphatic rings. The van der Waals surface area contributed by atoms with E-state index in [1.807, 2.05) is 42.5 Å². The van der Waals surface area contributed by atoms with E-state index in [9.17, 15) is 18.0 Å². The molecule has 0 unspecified atom stereocenters. The van der Waals surface area contributed by atoms with Gasteiger partial charge in [0.05, 0.1) is 11.3 Å². The number of aryl methyl sites for hydroxylation is 1. The van der Waals surface area contributed by atoms with Crippen LogP contribution in [0.3, 0.4) is 0 Å². The van der Waals surface area contributed by atoms with E-state index >= 15 is 0 Å². The van der Waals surface area contributed by atoms with Gasteiger partial charge in [0, 0.05) is 35.2 Å². The number of benzene rings is 3. The molecular formula is C30H32ClN5O4S2. The van der Waals surface area contributed by atoms with Crippen LogP contribution in [0.2, 0.25) is 5.02 Å². The van der Waals surface area contributed by atoms with E-state index in [0.29, 0.717) is 66.7 Å². The van der Waals surface area contributed by atoms with Crippen molar-refractivity contribution in [1.29, 1.82) is 0 Å². The number of anilines is 2. The summed E-state index contributed by atoms with van der Waals surface area (Å²) in [6, 6.07) is 20.1. The smallest absolute Gasteiger partial charge is 0.324 e. The minimum absolute atomic E-state index is 0.0283. The predicted molar refractivity (Wildman–Crippen MR) is 170 cm³/mol. The summed E-state index contributed by atoms with van der Waals surface area (Å²) in [4.78, 5) is 28.1. The first kappa shape index (κ1) is 30.0. The highest BCUT2D eigenvalue weighted by Crippen LogP contribution is 2.37. The summed E-state index contributed by atoms with van der Waals surface area (Å²) in [5.74, 6) is -0.554. The monoisotopic (exact) mass is 625 g/mol. The Bertz CT molecular complexity index is 1700. The van der Waals surface area contributed by atoms with Crippen molar-refractivity contribution in [3.05, 3.63) is 93.3 Å². The molecule has 0 saturated heterocycles. The molecule has 0 aliphatic carbocycles. The molecule has 0 radical (unpaired) electrons. The average Bonchev–Trinajstić information content (AvgIpc) is 3.32. The van der Waals surface area contributed by atoms with Crippen LogP contribution in [0, 0.1) is 0 Å². The molecule has 2 heterocycles. The van der Waals surface area contributed by atoms with Crippen LogP contribution in [0.4, 0.5) is 15.5 Å². The van der Waals surface area contributed by atoms with Gasteiger partial charge in [-0.2, -0.15) is 0 Å². The van der Waals surface area contributed by atoms with Gasteiger partial charge < -0.3 is 11.1 Å². The van der Waals surface area contributed by atoms with Crippen LogP contribution < -0.4 is 21.1 Å². The molecule has 5 rings (SSSR count). The molecule has 0 atom stereocenters. The molecule has 3 aromatic carbocycles. The maximum Gasteiger partial charge on any atom is 0.324 e. The quantitative estimate of drug-likeness (QED) is 0.170. The molecule has 4 aromatic rings. The summed E-state index contributed by atoms with van der Waals surface area (Å²) < 4.78 is 28.1. The highest BCUT2D eigenvalue weighted by molar-refractivity contribution is 7.89. The van der Waals surface area contributed by atoms with Crippen molar-refractivity contribution in [3.8, 4) is 0 Å². The van der Waals surface area contributed by atoms with E-state index in [-0.39, 0.29) is 5.75 Å². The highest BCUT2D eigenvalue weighted by atomic mass is 35.5. The molecule has 42 heavy (non-hydrogen) atoms. The fourth-order valence-corrected chi connectivity index (χ4v) is 7.66. The largest absolute Gasteiger partial charge is 0.365 e. The average molecular weight is 626 g/mol. The Kier molecular flexibility index (Phi) is 9.44. The van der Waals surface area contributed by atoms with Crippen LogP contribution >= 0.6 is 22.9 Å². The molecule has 0 saturated carbocycles. The fourth-order valence-electron chi connectivity index (χ4n) is 5.15. The van der Waals surface area contributed by atoms with Gasteiger partial charge in [-0.15, -0.1) is 11.3 Å². The van der Waals surface area contributed by atoms with Gasteiger partial charge >= 0.3 is 6.03 Å². The van der Waals surface area contributed by atoms with Crippen molar-refractivity contribution in [2.75, 3.05) is 36.0 Å². The Morgan fingerprint density at radius 1 is 1.00 bits per heavy atom. The number of primary amides is 1. The first-order chi connectivity index (χ1) is 20.2. The minimum atomic E-state index is -3.42. The lowest BCUT2D eigenvalue weighted by Gasteiger charge is -2.27. The van der Waals surface area contributed by atoms with E-state index in [1.54, 1.807) is 24.3 Å². The SMILES string of the molecule is NC(=O)c1c(NC(=O)Nc2ccc(Cl)cc2)sc2c1CCN(CCCNS(=O)(=O)CCc1cccc3ccccc13)C2. The molecule has 12 heteroatoms. The molecule has 0 bridgehead atoms. The zero-order chi connectivity index (χ0) is 29.7. The molecule has 3 amide bonds. The van der Waals surface area contributed by atoms with Crippen LogP contribution in [-0.2, 0) is 29.4 Å². The molecule has 0 spiro atoms. The third kappa shape index (κ3) is 7.47. The number of sulfonamides is 1. The van der Waals surface area contributed by atoms with Gasteiger partial charge in [0.25, 0.3) is 5.91 Å². The normalized spacial score (nSPS) is 13.5. The van der Waals surface area contributed by atoms with E-state index in [0.717, 1.165) is 26.8 Å². The number of nitrogens with two attached hydrogens (primary N) is 1. The van der Waals surface area contributed by atoms with Crippen molar-refractivity contribution in [2.45, 2.75) is 25.8 Å². The number of urea groups is 1. The van der Waals surface area contributed by atoms with E-state index in [1.165, 1.54) is 11.3 Å². The maximum absolute atomic E-state index is 12.7. The second-order valence-electron chi connectivity index (χ2n) is 10.1. The standard InChI is InChI=1S/C30H32ClN5O4S2/c31-22-9-11-23(12-10-22)34-30(38)35-29-27(28(32)37)25-13-17-36(19-26(25)41-29)16-4-15-33-42(39,40)18-14-21-7-3-6-20-5-1-2-8-24(20)21/h1-3,5-12,33H,4,13-19H2,(H2,32,37)(H2,34,35,38). The number of amides is 3. The zero-order valence-corrected chi connectivity index (χ0v) is 25.2. The number of nitrogens with zero attached hydrogens (tertiary/aromatic N) is 1. The lowest BCUT2D eigenvalue weighted by atomic mass is 10.0. The van der Waals surface area contributed by atoms with Gasteiger partial charge in [-0.3, -0.25) is 15.0 Å². The summed E-state index contributed by atoms with van der Waals surface area (Å²) in [6.45, 7) is 2.33. The number of thiophene rings is 1. The highest BCUT2D eigenvalue weighted by Gasteiger charge is 2.27. The summed E-state index contributed by atoms with van der Waals surface area (Å²) in [7, 11) is -3.42. The van der Waals surface area contributed by atoms with Gasteiger partial charge in [0.2, 0.25) is 10.0 Å². The molecule has 220 valence electrons. The predicted octanol–water partition coefficient (Wildman–Crippen LogP) is 5.21. The number of hydrogen-bond acceptors (Lipinski definition) is 6. The number of halogens is 1. The van der Waals surface area contributed by atoms with Gasteiger partial charge in [0.15, 0.2) is 0 Å². The summed E-state index contributed by atoms with van der Waals surface area (Å²) >= 11 is 7.24. The molecule has 9 nitrogen and oxygen atoms in total. The lowest BCUT2D eigenvalue weighted by Crippen LogP contribution is -2.34. The molecular weight excluding hydrogens is 594 g/mol. The second-order valence-corrected chi connectivity index (χ2v) is 13.6. The number of rotatable bonds is 11. The molecule has 1 aliphatic heterocycles. The molecule has 1 aromatic heterocycles. The van der Waals surface area contributed by atoms with Crippen molar-refractivity contribution in [2.24, 2.45) is 5.73 Å². The number of carbonyl (C=O) groups excluding carboxylic acids is 2. The van der Waals surface area contributed by atoms with E-state index < -0.39 is 22.0 Å². The first-order valence-electron chi connectivity index (χ1n) is 13.6. The fraction of sp³-hybridized carbons (Fsp3) is 0.267. The van der Waals surface area contributed by atoms with Crippen LogP contribution in [0.5, 0.6) is 0 Å². The van der Waals surface area contributed by atoms with Crippen molar-refractivity contribution >= 4 is 66.4 Å². The van der Waals surface area contributed by atoms with Gasteiger partial charge in [-0.1, -0.05) is 54.1 Å². The number of nitrogens with one attached hydrogen (secondary N) is 3. The summed E-state index contributed by atoms with van der Waals surface area (Å²) in [5.41, 5.74) is 8.48. The zero-order valence-electron chi connectivity index (χ0n) is 22.9. The van der Waals surface area contributed by atoms with Crippen molar-refractivity contribution in [1.82, 2.24) is 9.62 Å². The Labute approximate surface area is 254 Å². The Morgan fingerprint density at radius 3 is 2.55 bits per heavy atom. The van der Waals surface area contributed by atoms with E-state index in [4.69, 9.17) is 17.3 Å². The van der Waals surface area contributed by atoms with Crippen LogP contribution in [0.1, 0.15) is 32.8 Å². The summed E-state index contributed by atoms with van der Waals surface area (Å²) in [6.07, 6.45) is 1.70. The van der Waals surface area contributed by atoms with Crippen molar-refractivity contribution < 1.29 is 18.0 Å². The van der Waals surface area contributed by atoms with Crippen molar-refractivity contribution in [3.63, 3.8) is 0 Å². The van der Waals surface area contributed by atoms with Crippen LogP contribution in [-0.4, -0.2) is 50.6 Å². The number of fused-ring (bicyclic) bond motifs is 2. The van der Waals surface area contributed by atoms with Crippen LogP contribution in [0.25, 0.3) is 10.8 Å². The number of carbonyl (C=O) groups is 2. The van der Waals surface area contributed by atoms with E-state index in [2.05, 4.69) is 20.3 Å². The third-order valence-corrected chi connectivity index (χ3v) is 9.97. The number of hydrogen-bond donors (Lipinski definition) is 4. The Balaban J connectivity index is 1.12. The van der Waals surface area contributed by atoms with Crippen LogP contribution in [0.15, 0.2) is 66.7 Å². The minimum Gasteiger partial charge on any atom is -0.365 e. The molecule has 5 N–H and O–H groups in total. The van der Waals surface area contributed by atoms with Gasteiger partial charge in [0.1, 0.15) is 5.00 Å². The van der Waals surface area contributed by atoms with Gasteiger partial charge in [-0.05, 0) is 72.0 Å². The third-order valence-electron chi connectivity index (χ3n) is 7.20. The maximum atomic E-state index is 12.7. The molecule has 0 fully saturated rings. The topological polar surface area (TPSA) is 134 Å². The Hall–Kier alpha value is -3.48. The Morgan fingerprint density at radius 2 is 1.76 bits per heavy atom. The lowest BCUT2D eigenvalue weighted by molar-refractivity contribution is 0.1000. The summed E-state index contributed by atoms with van der Waals surface area (Å²) in [5, 5.41) is 8.64.